The molecule has 4 heterocycles. The number of benzene rings is 4. The minimum atomic E-state index is -2.54. The van der Waals surface area contributed by atoms with Crippen LogP contribution in [0.5, 0.6) is 0 Å². The van der Waals surface area contributed by atoms with Crippen LogP contribution in [0, 0.1) is 45.0 Å². The summed E-state index contributed by atoms with van der Waals surface area (Å²) in [6, 6.07) is 37.6. The maximum absolute atomic E-state index is 9.11. The number of pyridine rings is 3. The fourth-order valence-electron chi connectivity index (χ4n) is 6.54. The van der Waals surface area contributed by atoms with Gasteiger partial charge in [-0.3, -0.25) is 0 Å². The van der Waals surface area contributed by atoms with Crippen LogP contribution in [-0.2, 0) is 38.3 Å². The van der Waals surface area contributed by atoms with Gasteiger partial charge in [-0.15, -0.1) is 47.5 Å². The quantitative estimate of drug-likeness (QED) is 0.149. The summed E-state index contributed by atoms with van der Waals surface area (Å²) in [6.07, 6.45) is -0.647. The molecule has 0 bridgehead atoms. The Labute approximate surface area is 370 Å². The number of fused-ring (bicyclic) bond motifs is 3. The Kier molecular flexibility index (Phi) is 8.23. The summed E-state index contributed by atoms with van der Waals surface area (Å²) in [7, 11) is 0. The molecule has 0 aliphatic rings. The second kappa shape index (κ2) is 17.1. The van der Waals surface area contributed by atoms with Crippen molar-refractivity contribution in [2.24, 2.45) is 5.41 Å². The van der Waals surface area contributed by atoms with E-state index < -0.39 is 44.1 Å². The van der Waals surface area contributed by atoms with Crippen LogP contribution in [0.15, 0.2) is 126 Å². The van der Waals surface area contributed by atoms with Crippen LogP contribution in [0.25, 0.3) is 55.7 Å². The minimum Gasteiger partial charge on any atom is -0.486 e. The molecule has 4 aromatic carbocycles. The van der Waals surface area contributed by atoms with Gasteiger partial charge in [0.05, 0.1) is 5.58 Å². The van der Waals surface area contributed by atoms with Gasteiger partial charge in [0.2, 0.25) is 5.71 Å². The largest absolute Gasteiger partial charge is 0.486 e. The first-order valence-corrected chi connectivity index (χ1v) is 18.3. The third-order valence-corrected chi connectivity index (χ3v) is 9.23. The van der Waals surface area contributed by atoms with Gasteiger partial charge in [-0.2, -0.15) is 0 Å². The molecule has 0 aliphatic carbocycles. The van der Waals surface area contributed by atoms with Gasteiger partial charge < -0.3 is 14.4 Å². The van der Waals surface area contributed by atoms with Gasteiger partial charge in [-0.25, -0.2) is 4.98 Å². The minimum absolute atomic E-state index is 0. The Morgan fingerprint density at radius 2 is 1.47 bits per heavy atom. The molecule has 0 atom stereocenters. The molecule has 1 radical (unpaired) electrons. The molecule has 8 aromatic rings. The van der Waals surface area contributed by atoms with E-state index in [4.69, 9.17) is 22.2 Å². The molecule has 8 rings (SSSR count). The molecule has 0 unspecified atom stereocenters. The molecule has 0 fully saturated rings. The SMILES string of the molecule is [2H]C([2H])([2H])c1c[c-]c(-c2ccc(C([2H])([2H])C(C)(C)C)cn2)cc1-c1ccccc1.[2H]C([2H])([2H])c1ccc2c(n1)oc1c(-c3cc(C(C)(C)C([2H])([2H])c4ccc(C)cc4)c(C([2H])([2H])[2H])cn3)[c-]ccc12.[Ir]. The molecule has 0 amide bonds. The van der Waals surface area contributed by atoms with Crippen molar-refractivity contribution in [2.75, 3.05) is 0 Å². The van der Waals surface area contributed by atoms with Crippen LogP contribution >= 0.6 is 0 Å². The molecular formula is C52H51IrN3O-2. The Balaban J connectivity index is 0.000000238. The monoisotopic (exact) mass is 939 g/mol. The summed E-state index contributed by atoms with van der Waals surface area (Å²) in [5, 5.41) is 1.29. The van der Waals surface area contributed by atoms with Crippen molar-refractivity contribution in [3.05, 3.63) is 173 Å². The second-order valence-corrected chi connectivity index (χ2v) is 15.3. The zero-order valence-corrected chi connectivity index (χ0v) is 35.0. The van der Waals surface area contributed by atoms with Gasteiger partial charge in [0.25, 0.3) is 0 Å². The Morgan fingerprint density at radius 1 is 0.719 bits per heavy atom. The van der Waals surface area contributed by atoms with Crippen molar-refractivity contribution in [1.82, 2.24) is 15.0 Å². The summed E-state index contributed by atoms with van der Waals surface area (Å²) in [5.74, 6) is 0. The molecule has 0 N–H and O–H groups in total. The number of nitrogens with zero attached hydrogens (tertiary/aromatic N) is 3. The van der Waals surface area contributed by atoms with Crippen LogP contribution in [0.3, 0.4) is 0 Å². The van der Waals surface area contributed by atoms with Crippen LogP contribution in [-0.4, -0.2) is 15.0 Å². The van der Waals surface area contributed by atoms with E-state index in [-0.39, 0.29) is 48.2 Å². The topological polar surface area (TPSA) is 51.8 Å². The van der Waals surface area contributed by atoms with Crippen molar-refractivity contribution in [3.63, 3.8) is 0 Å². The van der Waals surface area contributed by atoms with Crippen molar-refractivity contribution < 1.29 is 42.3 Å². The van der Waals surface area contributed by atoms with Crippen molar-refractivity contribution in [2.45, 2.75) is 80.3 Å². The van der Waals surface area contributed by atoms with Crippen molar-refractivity contribution in [1.29, 1.82) is 0 Å². The van der Waals surface area contributed by atoms with E-state index >= 15 is 0 Å². The smallest absolute Gasteiger partial charge is 0.216 e. The molecule has 0 saturated heterocycles. The number of hydrogen-bond acceptors (Lipinski definition) is 4. The third-order valence-electron chi connectivity index (χ3n) is 9.23. The summed E-state index contributed by atoms with van der Waals surface area (Å²) in [5.41, 5.74) is 4.48. The molecule has 291 valence electrons. The number of aromatic nitrogens is 3. The van der Waals surface area contributed by atoms with Gasteiger partial charge in [0.1, 0.15) is 0 Å². The molecule has 0 aliphatic heterocycles. The zero-order valence-electron chi connectivity index (χ0n) is 45.6. The van der Waals surface area contributed by atoms with Gasteiger partial charge in [0.15, 0.2) is 0 Å². The first kappa shape index (κ1) is 27.4. The summed E-state index contributed by atoms with van der Waals surface area (Å²) in [4.78, 5) is 13.1. The van der Waals surface area contributed by atoms with E-state index in [9.17, 15) is 0 Å². The van der Waals surface area contributed by atoms with Gasteiger partial charge in [0, 0.05) is 61.4 Å². The molecule has 5 heteroatoms. The summed E-state index contributed by atoms with van der Waals surface area (Å²) < 4.78 is 112. The van der Waals surface area contributed by atoms with E-state index in [2.05, 4.69) is 27.1 Å². The molecule has 0 saturated carbocycles. The normalized spacial score (nSPS) is 16.1. The maximum atomic E-state index is 9.11. The van der Waals surface area contributed by atoms with Crippen molar-refractivity contribution >= 4 is 22.1 Å². The fourth-order valence-corrected chi connectivity index (χ4v) is 6.54. The molecule has 57 heavy (non-hydrogen) atoms. The van der Waals surface area contributed by atoms with E-state index in [0.29, 0.717) is 55.6 Å². The average Bonchev–Trinajstić information content (AvgIpc) is 3.66. The van der Waals surface area contributed by atoms with E-state index in [0.717, 1.165) is 11.1 Å². The maximum Gasteiger partial charge on any atom is 0.216 e. The van der Waals surface area contributed by atoms with Crippen LogP contribution in [0.1, 0.15) is 91.5 Å². The summed E-state index contributed by atoms with van der Waals surface area (Å²) >= 11 is 0. The van der Waals surface area contributed by atoms with Crippen LogP contribution in [0.4, 0.5) is 0 Å². The number of furan rings is 1. The molecule has 4 nitrogen and oxygen atoms in total. The Morgan fingerprint density at radius 3 is 2.18 bits per heavy atom. The van der Waals surface area contributed by atoms with E-state index in [1.165, 1.54) is 18.3 Å². The van der Waals surface area contributed by atoms with E-state index in [1.54, 1.807) is 74.6 Å². The Bertz CT molecular complexity index is 3140. The summed E-state index contributed by atoms with van der Waals surface area (Å²) in [6.45, 7) is 3.68. The fraction of sp³-hybridized carbons (Fsp3) is 0.250. The predicted molar refractivity (Wildman–Crippen MR) is 233 cm³/mol. The first-order chi connectivity index (χ1) is 31.9. The van der Waals surface area contributed by atoms with Gasteiger partial charge >= 0.3 is 0 Å². The zero-order chi connectivity index (χ0) is 50.7. The van der Waals surface area contributed by atoms with Crippen molar-refractivity contribution in [3.8, 4) is 33.6 Å². The Hall–Kier alpha value is -5.22. The van der Waals surface area contributed by atoms with Gasteiger partial charge in [-0.05, 0) is 95.5 Å². The standard InChI is InChI=1S/C29H27N2O.C23H24N.Ir/c1-18-9-12-21(13-10-18)16-29(4,5)25-15-26(30-17-19(25)2)24-8-6-7-22-23-14-11-20(3)31-28(23)32-27(22)24;1-17-10-12-20(14-21(17)19-8-6-5-7-9-19)22-13-11-18(16-24-22)15-23(2,3)4;/h6-7,9-15,17H,16H2,1-5H3;5-11,13-14,16H,15H2,1-4H3;/q2*-1;/i2D3,3D3,16D2;1D3,15D2;. The average molecular weight is 939 g/mol. The second-order valence-electron chi connectivity index (χ2n) is 15.3. The van der Waals surface area contributed by atoms with E-state index in [1.807, 2.05) is 70.2 Å². The predicted octanol–water partition coefficient (Wildman–Crippen LogP) is 13.4. The number of aryl methyl sites for hydroxylation is 4. The number of hydrogen-bond donors (Lipinski definition) is 0. The number of rotatable bonds is 7. The van der Waals surface area contributed by atoms with Crippen LogP contribution in [0.2, 0.25) is 0 Å². The third kappa shape index (κ3) is 9.67. The van der Waals surface area contributed by atoms with Crippen LogP contribution < -0.4 is 0 Å². The molecular weight excluding hydrogens is 875 g/mol. The van der Waals surface area contributed by atoms with Gasteiger partial charge in [-0.1, -0.05) is 136 Å². The molecule has 0 spiro atoms. The molecule has 4 aromatic heterocycles. The first-order valence-electron chi connectivity index (χ1n) is 24.8.